The molecule has 1 unspecified atom stereocenters. The Balaban J connectivity index is 0.00000441. The van der Waals surface area contributed by atoms with Crippen LogP contribution in [-0.2, 0) is 0 Å². The number of nitrogens with zero attached hydrogens (tertiary/aromatic N) is 2. The summed E-state index contributed by atoms with van der Waals surface area (Å²) in [6, 6.07) is 4.22. The first-order valence-corrected chi connectivity index (χ1v) is 6.79. The molecule has 0 aliphatic rings. The molecule has 0 aromatic heterocycles. The highest BCUT2D eigenvalue weighted by molar-refractivity contribution is 6.00. The van der Waals surface area contributed by atoms with Gasteiger partial charge in [-0.15, -0.1) is 12.4 Å². The van der Waals surface area contributed by atoms with Gasteiger partial charge in [-0.2, -0.15) is 0 Å². The molecule has 0 saturated heterocycles. The van der Waals surface area contributed by atoms with Crippen LogP contribution >= 0.6 is 12.4 Å². The topological polar surface area (TPSA) is 115 Å². The largest absolute Gasteiger partial charge is 0.393 e. The molecular weight excluding hydrogens is 308 g/mol. The van der Waals surface area contributed by atoms with Gasteiger partial charge in [0.05, 0.1) is 10.5 Å². The van der Waals surface area contributed by atoms with Gasteiger partial charge in [-0.1, -0.05) is 19.9 Å². The Morgan fingerprint density at radius 3 is 2.50 bits per heavy atom. The molecule has 7 nitrogen and oxygen atoms in total. The van der Waals surface area contributed by atoms with Gasteiger partial charge in [0, 0.05) is 25.7 Å². The zero-order valence-electron chi connectivity index (χ0n) is 13.0. The number of hydrogen-bond donors (Lipinski definition) is 2. The van der Waals surface area contributed by atoms with Crippen LogP contribution in [0, 0.1) is 16.0 Å². The van der Waals surface area contributed by atoms with Crippen molar-refractivity contribution in [3.8, 4) is 0 Å². The standard InChI is InChI=1S/C14H22N4O3.ClH/c1-9(2)11(15)7-8-17(3)14(19)10-5-4-6-12(13(10)16)18(20)21;/h4-6,9,11H,7-8,15-16H2,1-3H3;1H. The quantitative estimate of drug-likeness (QED) is 0.470. The number of nitro groups is 1. The van der Waals surface area contributed by atoms with E-state index in [-0.39, 0.29) is 41.3 Å². The van der Waals surface area contributed by atoms with Crippen molar-refractivity contribution >= 4 is 29.7 Å². The molecule has 0 aliphatic heterocycles. The van der Waals surface area contributed by atoms with Crippen molar-refractivity contribution < 1.29 is 9.72 Å². The summed E-state index contributed by atoms with van der Waals surface area (Å²) in [5.74, 6) is -0.0106. The van der Waals surface area contributed by atoms with E-state index in [4.69, 9.17) is 11.5 Å². The van der Waals surface area contributed by atoms with E-state index in [1.165, 1.54) is 23.1 Å². The van der Waals surface area contributed by atoms with E-state index in [0.717, 1.165) is 0 Å². The van der Waals surface area contributed by atoms with E-state index >= 15 is 0 Å². The molecule has 0 saturated carbocycles. The van der Waals surface area contributed by atoms with Crippen LogP contribution in [0.4, 0.5) is 11.4 Å². The van der Waals surface area contributed by atoms with Crippen molar-refractivity contribution in [2.24, 2.45) is 11.7 Å². The van der Waals surface area contributed by atoms with Crippen LogP contribution in [0.25, 0.3) is 0 Å². The summed E-state index contributed by atoms with van der Waals surface area (Å²) in [5.41, 5.74) is 11.4. The van der Waals surface area contributed by atoms with Crippen LogP contribution in [0.5, 0.6) is 0 Å². The van der Waals surface area contributed by atoms with E-state index in [0.29, 0.717) is 18.9 Å². The Kier molecular flexibility index (Phi) is 7.83. The minimum absolute atomic E-state index is 0. The summed E-state index contributed by atoms with van der Waals surface area (Å²) < 4.78 is 0. The lowest BCUT2D eigenvalue weighted by molar-refractivity contribution is -0.383. The monoisotopic (exact) mass is 330 g/mol. The van der Waals surface area contributed by atoms with Gasteiger partial charge >= 0.3 is 0 Å². The summed E-state index contributed by atoms with van der Waals surface area (Å²) in [7, 11) is 1.63. The molecule has 124 valence electrons. The van der Waals surface area contributed by atoms with Gasteiger partial charge in [0.1, 0.15) is 5.69 Å². The fraction of sp³-hybridized carbons (Fsp3) is 0.500. The number of halogens is 1. The van der Waals surface area contributed by atoms with Crippen molar-refractivity contribution in [3.63, 3.8) is 0 Å². The van der Waals surface area contributed by atoms with E-state index in [1.54, 1.807) is 7.05 Å². The molecule has 1 aromatic rings. The average Bonchev–Trinajstić information content (AvgIpc) is 2.43. The lowest BCUT2D eigenvalue weighted by atomic mass is 10.0. The Morgan fingerprint density at radius 1 is 1.41 bits per heavy atom. The number of anilines is 1. The van der Waals surface area contributed by atoms with Gasteiger partial charge in [0.25, 0.3) is 11.6 Å². The number of hydrogen-bond acceptors (Lipinski definition) is 5. The highest BCUT2D eigenvalue weighted by atomic mass is 35.5. The molecule has 0 spiro atoms. The summed E-state index contributed by atoms with van der Waals surface area (Å²) >= 11 is 0. The van der Waals surface area contributed by atoms with Crippen molar-refractivity contribution in [3.05, 3.63) is 33.9 Å². The van der Waals surface area contributed by atoms with E-state index in [2.05, 4.69) is 0 Å². The molecule has 0 heterocycles. The number of amides is 1. The summed E-state index contributed by atoms with van der Waals surface area (Å²) in [6.07, 6.45) is 0.661. The first-order valence-electron chi connectivity index (χ1n) is 6.79. The summed E-state index contributed by atoms with van der Waals surface area (Å²) in [4.78, 5) is 24.0. The molecule has 0 bridgehead atoms. The van der Waals surface area contributed by atoms with Crippen LogP contribution in [0.2, 0.25) is 0 Å². The average molecular weight is 331 g/mol. The van der Waals surface area contributed by atoms with Crippen LogP contribution in [0.3, 0.4) is 0 Å². The second kappa shape index (κ2) is 8.55. The molecule has 4 N–H and O–H groups in total. The van der Waals surface area contributed by atoms with Crippen LogP contribution < -0.4 is 11.5 Å². The zero-order valence-corrected chi connectivity index (χ0v) is 13.8. The van der Waals surface area contributed by atoms with Crippen molar-refractivity contribution in [2.75, 3.05) is 19.3 Å². The normalized spacial score (nSPS) is 11.7. The summed E-state index contributed by atoms with van der Waals surface area (Å²) in [6.45, 7) is 4.51. The summed E-state index contributed by atoms with van der Waals surface area (Å²) in [5, 5.41) is 10.8. The van der Waals surface area contributed by atoms with Crippen molar-refractivity contribution in [1.82, 2.24) is 4.90 Å². The van der Waals surface area contributed by atoms with Gasteiger partial charge in [0.2, 0.25) is 0 Å². The molecule has 1 amide bonds. The first kappa shape index (κ1) is 20.1. The number of nitro benzene ring substituents is 1. The molecule has 1 aromatic carbocycles. The lowest BCUT2D eigenvalue weighted by Crippen LogP contribution is -2.35. The molecule has 22 heavy (non-hydrogen) atoms. The Morgan fingerprint density at radius 2 is 2.00 bits per heavy atom. The van der Waals surface area contributed by atoms with E-state index < -0.39 is 4.92 Å². The van der Waals surface area contributed by atoms with Gasteiger partial charge in [-0.25, -0.2) is 0 Å². The predicted molar refractivity (Wildman–Crippen MR) is 89.1 cm³/mol. The number of benzene rings is 1. The molecule has 1 atom stereocenters. The lowest BCUT2D eigenvalue weighted by Gasteiger charge is -2.22. The second-order valence-electron chi connectivity index (χ2n) is 5.42. The minimum atomic E-state index is -0.596. The number of nitrogens with two attached hydrogens (primary N) is 2. The fourth-order valence-electron chi connectivity index (χ4n) is 1.88. The van der Waals surface area contributed by atoms with Gasteiger partial charge in [0.15, 0.2) is 0 Å². The Bertz CT molecular complexity index is 537. The molecule has 1 rings (SSSR count). The number of carbonyl (C=O) groups is 1. The molecule has 0 radical (unpaired) electrons. The van der Waals surface area contributed by atoms with Crippen LogP contribution in [0.15, 0.2) is 18.2 Å². The minimum Gasteiger partial charge on any atom is -0.393 e. The van der Waals surface area contributed by atoms with Gasteiger partial charge in [-0.05, 0) is 18.4 Å². The molecule has 0 fully saturated rings. The highest BCUT2D eigenvalue weighted by Crippen LogP contribution is 2.25. The second-order valence-corrected chi connectivity index (χ2v) is 5.42. The zero-order chi connectivity index (χ0) is 16.2. The Labute approximate surface area is 136 Å². The number of carbonyl (C=O) groups excluding carboxylic acids is 1. The van der Waals surface area contributed by atoms with E-state index in [9.17, 15) is 14.9 Å². The third-order valence-electron chi connectivity index (χ3n) is 3.51. The molecular formula is C14H23ClN4O3. The third-order valence-corrected chi connectivity index (χ3v) is 3.51. The number of nitrogen functional groups attached to an aromatic ring is 1. The first-order chi connectivity index (χ1) is 9.75. The Hall–Kier alpha value is -1.86. The molecule has 0 aliphatic carbocycles. The van der Waals surface area contributed by atoms with Gasteiger partial charge < -0.3 is 16.4 Å². The van der Waals surface area contributed by atoms with Crippen molar-refractivity contribution in [1.29, 1.82) is 0 Å². The maximum absolute atomic E-state index is 12.3. The van der Waals surface area contributed by atoms with Crippen LogP contribution in [0.1, 0.15) is 30.6 Å². The fourth-order valence-corrected chi connectivity index (χ4v) is 1.88. The third kappa shape index (κ3) is 4.85. The maximum atomic E-state index is 12.3. The SMILES string of the molecule is CC(C)C(N)CCN(C)C(=O)c1cccc([N+](=O)[O-])c1N.Cl. The van der Waals surface area contributed by atoms with E-state index in [1.807, 2.05) is 13.8 Å². The number of para-hydroxylation sites is 1. The maximum Gasteiger partial charge on any atom is 0.292 e. The molecule has 8 heteroatoms. The predicted octanol–water partition coefficient (Wildman–Crippen LogP) is 2.04. The smallest absolute Gasteiger partial charge is 0.292 e. The highest BCUT2D eigenvalue weighted by Gasteiger charge is 2.21. The van der Waals surface area contributed by atoms with Gasteiger partial charge in [-0.3, -0.25) is 14.9 Å². The van der Waals surface area contributed by atoms with Crippen LogP contribution in [-0.4, -0.2) is 35.4 Å². The van der Waals surface area contributed by atoms with Crippen molar-refractivity contribution in [2.45, 2.75) is 26.3 Å². The number of rotatable bonds is 6.